The van der Waals surface area contributed by atoms with Crippen molar-refractivity contribution in [3.05, 3.63) is 35.1 Å². The van der Waals surface area contributed by atoms with Crippen LogP contribution in [0.2, 0.25) is 0 Å². The van der Waals surface area contributed by atoms with Crippen LogP contribution in [0.3, 0.4) is 0 Å². The van der Waals surface area contributed by atoms with Crippen LogP contribution in [0.4, 0.5) is 13.2 Å². The van der Waals surface area contributed by atoms with Gasteiger partial charge >= 0.3 is 0 Å². The molecule has 6 heteroatoms. The maximum atomic E-state index is 13.0. The van der Waals surface area contributed by atoms with E-state index >= 15 is 0 Å². The van der Waals surface area contributed by atoms with Crippen molar-refractivity contribution >= 4 is 5.91 Å². The molecule has 1 aliphatic carbocycles. The molecule has 2 atom stereocenters. The molecule has 1 aromatic rings. The molecule has 0 bridgehead atoms. The molecule has 1 fully saturated rings. The molecule has 104 valence electrons. The fourth-order valence-electron chi connectivity index (χ4n) is 2.27. The minimum Gasteiger partial charge on any atom is -0.393 e. The molecule has 2 rings (SSSR count). The van der Waals surface area contributed by atoms with Crippen molar-refractivity contribution in [2.45, 2.75) is 25.4 Å². The van der Waals surface area contributed by atoms with Gasteiger partial charge in [-0.15, -0.1) is 0 Å². The van der Waals surface area contributed by atoms with Crippen LogP contribution in [0.1, 0.15) is 29.6 Å². The van der Waals surface area contributed by atoms with Gasteiger partial charge in [-0.2, -0.15) is 0 Å². The van der Waals surface area contributed by atoms with Crippen molar-refractivity contribution in [3.8, 4) is 0 Å². The molecular formula is C13H14F3NO2. The first kappa shape index (κ1) is 13.9. The summed E-state index contributed by atoms with van der Waals surface area (Å²) >= 11 is 0. The summed E-state index contributed by atoms with van der Waals surface area (Å²) in [6.07, 6.45) is 1.93. The number of aliphatic hydroxyl groups excluding tert-OH is 1. The van der Waals surface area contributed by atoms with E-state index in [9.17, 15) is 23.1 Å². The normalized spacial score (nSPS) is 22.5. The molecule has 19 heavy (non-hydrogen) atoms. The minimum absolute atomic E-state index is 0.0425. The molecule has 0 saturated heterocycles. The zero-order valence-corrected chi connectivity index (χ0v) is 10.1. The molecule has 3 nitrogen and oxygen atoms in total. The van der Waals surface area contributed by atoms with Crippen LogP contribution in [0.15, 0.2) is 12.1 Å². The average Bonchev–Trinajstić information content (AvgIpc) is 2.78. The second kappa shape index (κ2) is 5.61. The molecule has 0 heterocycles. The zero-order valence-electron chi connectivity index (χ0n) is 10.1. The van der Waals surface area contributed by atoms with Crippen LogP contribution in [0, 0.1) is 23.4 Å². The fraction of sp³-hybridized carbons (Fsp3) is 0.462. The Kier molecular flexibility index (Phi) is 4.09. The lowest BCUT2D eigenvalue weighted by molar-refractivity contribution is 0.0915. The van der Waals surface area contributed by atoms with Crippen LogP contribution in [0.5, 0.6) is 0 Å². The topological polar surface area (TPSA) is 49.3 Å². The number of amides is 1. The molecule has 2 N–H and O–H groups in total. The summed E-state index contributed by atoms with van der Waals surface area (Å²) in [5.41, 5.74) is -0.274. The third kappa shape index (κ3) is 3.07. The van der Waals surface area contributed by atoms with Crippen molar-refractivity contribution in [1.82, 2.24) is 5.32 Å². The Morgan fingerprint density at radius 1 is 1.26 bits per heavy atom. The lowest BCUT2D eigenvalue weighted by Gasteiger charge is -2.15. The Morgan fingerprint density at radius 2 is 1.89 bits per heavy atom. The number of hydrogen-bond acceptors (Lipinski definition) is 2. The van der Waals surface area contributed by atoms with Gasteiger partial charge in [0.25, 0.3) is 5.91 Å². The van der Waals surface area contributed by atoms with Gasteiger partial charge < -0.3 is 10.4 Å². The Morgan fingerprint density at radius 3 is 2.42 bits per heavy atom. The Hall–Kier alpha value is -1.56. The lowest BCUT2D eigenvalue weighted by atomic mass is 10.1. The first-order chi connectivity index (χ1) is 8.99. The Balaban J connectivity index is 2.00. The molecular weight excluding hydrogens is 259 g/mol. The number of benzene rings is 1. The molecule has 0 aromatic heterocycles. The molecule has 1 amide bonds. The Labute approximate surface area is 108 Å². The number of hydrogen-bond donors (Lipinski definition) is 2. The van der Waals surface area contributed by atoms with Gasteiger partial charge in [0.15, 0.2) is 17.5 Å². The van der Waals surface area contributed by atoms with Gasteiger partial charge in [-0.1, -0.05) is 6.42 Å². The van der Waals surface area contributed by atoms with E-state index in [1.165, 1.54) is 0 Å². The monoisotopic (exact) mass is 273 g/mol. The SMILES string of the molecule is O=C(NCC1CCCC1O)c1cc(F)c(F)c(F)c1. The summed E-state index contributed by atoms with van der Waals surface area (Å²) in [5, 5.41) is 12.1. The summed E-state index contributed by atoms with van der Waals surface area (Å²) in [5.74, 6) is -5.11. The maximum Gasteiger partial charge on any atom is 0.251 e. The molecule has 1 saturated carbocycles. The summed E-state index contributed by atoms with van der Waals surface area (Å²) < 4.78 is 38.7. The van der Waals surface area contributed by atoms with E-state index in [0.29, 0.717) is 18.6 Å². The predicted molar refractivity (Wildman–Crippen MR) is 62.0 cm³/mol. The van der Waals surface area contributed by atoms with Crippen LogP contribution in [-0.4, -0.2) is 23.7 Å². The van der Waals surface area contributed by atoms with Gasteiger partial charge in [0.2, 0.25) is 0 Å². The van der Waals surface area contributed by atoms with E-state index in [-0.39, 0.29) is 18.0 Å². The molecule has 0 radical (unpaired) electrons. The minimum atomic E-state index is -1.59. The van der Waals surface area contributed by atoms with Gasteiger partial charge in [0.05, 0.1) is 6.10 Å². The number of carbonyl (C=O) groups excluding carboxylic acids is 1. The second-order valence-electron chi connectivity index (χ2n) is 4.72. The van der Waals surface area contributed by atoms with Crippen molar-refractivity contribution in [2.24, 2.45) is 5.92 Å². The largest absolute Gasteiger partial charge is 0.393 e. The fourth-order valence-corrected chi connectivity index (χ4v) is 2.27. The van der Waals surface area contributed by atoms with Gasteiger partial charge in [-0.25, -0.2) is 13.2 Å². The smallest absolute Gasteiger partial charge is 0.251 e. The van der Waals surface area contributed by atoms with E-state index in [1.807, 2.05) is 0 Å². The van der Waals surface area contributed by atoms with Crippen molar-refractivity contribution in [2.75, 3.05) is 6.54 Å². The van der Waals surface area contributed by atoms with Gasteiger partial charge in [-0.3, -0.25) is 4.79 Å². The molecule has 0 spiro atoms. The van der Waals surface area contributed by atoms with Crippen LogP contribution in [0.25, 0.3) is 0 Å². The average molecular weight is 273 g/mol. The van der Waals surface area contributed by atoms with Crippen LogP contribution in [-0.2, 0) is 0 Å². The third-order valence-corrected chi connectivity index (χ3v) is 3.39. The predicted octanol–water partition coefficient (Wildman–Crippen LogP) is 1.99. The van der Waals surface area contributed by atoms with E-state index in [1.54, 1.807) is 0 Å². The van der Waals surface area contributed by atoms with Gasteiger partial charge in [-0.05, 0) is 25.0 Å². The van der Waals surface area contributed by atoms with E-state index in [2.05, 4.69) is 5.32 Å². The number of nitrogens with one attached hydrogen (secondary N) is 1. The molecule has 1 aliphatic rings. The second-order valence-corrected chi connectivity index (χ2v) is 4.72. The highest BCUT2D eigenvalue weighted by Gasteiger charge is 2.25. The number of carbonyl (C=O) groups is 1. The molecule has 2 unspecified atom stereocenters. The summed E-state index contributed by atoms with van der Waals surface area (Å²) in [6.45, 7) is 0.237. The summed E-state index contributed by atoms with van der Waals surface area (Å²) in [6, 6.07) is 1.30. The van der Waals surface area contributed by atoms with Crippen LogP contribution >= 0.6 is 0 Å². The summed E-state index contributed by atoms with van der Waals surface area (Å²) in [7, 11) is 0. The van der Waals surface area contributed by atoms with Crippen LogP contribution < -0.4 is 5.32 Å². The van der Waals surface area contributed by atoms with E-state index in [4.69, 9.17) is 0 Å². The highest BCUT2D eigenvalue weighted by atomic mass is 19.2. The maximum absolute atomic E-state index is 13.0. The quantitative estimate of drug-likeness (QED) is 0.827. The van der Waals surface area contributed by atoms with E-state index < -0.39 is 29.5 Å². The zero-order chi connectivity index (χ0) is 14.0. The number of rotatable bonds is 3. The number of halogens is 3. The van der Waals surface area contributed by atoms with Crippen molar-refractivity contribution in [1.29, 1.82) is 0 Å². The molecule has 0 aliphatic heterocycles. The van der Waals surface area contributed by atoms with Crippen molar-refractivity contribution in [3.63, 3.8) is 0 Å². The van der Waals surface area contributed by atoms with E-state index in [0.717, 1.165) is 12.8 Å². The van der Waals surface area contributed by atoms with Crippen molar-refractivity contribution < 1.29 is 23.1 Å². The number of aliphatic hydroxyl groups is 1. The highest BCUT2D eigenvalue weighted by molar-refractivity contribution is 5.94. The van der Waals surface area contributed by atoms with Gasteiger partial charge in [0.1, 0.15) is 0 Å². The lowest BCUT2D eigenvalue weighted by Crippen LogP contribution is -2.32. The highest BCUT2D eigenvalue weighted by Crippen LogP contribution is 2.24. The summed E-state index contributed by atoms with van der Waals surface area (Å²) in [4.78, 5) is 11.7. The molecule has 1 aromatic carbocycles. The first-order valence-corrected chi connectivity index (χ1v) is 6.10. The first-order valence-electron chi connectivity index (χ1n) is 6.10. The Bertz CT molecular complexity index is 470. The third-order valence-electron chi connectivity index (χ3n) is 3.39. The standard InChI is InChI=1S/C13H14F3NO2/c14-9-4-8(5-10(15)12(9)16)13(19)17-6-7-2-1-3-11(7)18/h4-5,7,11,18H,1-3,6H2,(H,17,19). The van der Waals surface area contributed by atoms with Gasteiger partial charge in [0, 0.05) is 18.0 Å².